The molecule has 0 aliphatic heterocycles. The molecule has 25 heavy (non-hydrogen) atoms. The van der Waals surface area contributed by atoms with E-state index in [0.717, 1.165) is 24.3 Å². The second-order valence-electron chi connectivity index (χ2n) is 6.90. The third kappa shape index (κ3) is 6.18. The summed E-state index contributed by atoms with van der Waals surface area (Å²) in [6, 6.07) is 16.9. The molecule has 0 fully saturated rings. The van der Waals surface area contributed by atoms with Crippen molar-refractivity contribution >= 4 is 0 Å². The van der Waals surface area contributed by atoms with E-state index in [1.54, 1.807) is 0 Å². The van der Waals surface area contributed by atoms with Gasteiger partial charge in [0.2, 0.25) is 0 Å². The van der Waals surface area contributed by atoms with Crippen LogP contribution in [-0.4, -0.2) is 35.3 Å². The fourth-order valence-electron chi connectivity index (χ4n) is 2.81. The zero-order chi connectivity index (χ0) is 18.2. The van der Waals surface area contributed by atoms with Gasteiger partial charge >= 0.3 is 0 Å². The van der Waals surface area contributed by atoms with E-state index in [1.165, 1.54) is 11.1 Å². The SMILES string of the molecule is CCC(C)N(Cc1ccc(C)cc1)CC(O)COc1ccccc1C. The molecule has 136 valence electrons. The van der Waals surface area contributed by atoms with Gasteiger partial charge in [-0.05, 0) is 44.4 Å². The van der Waals surface area contributed by atoms with Gasteiger partial charge in [0.1, 0.15) is 18.5 Å². The van der Waals surface area contributed by atoms with Crippen LogP contribution < -0.4 is 4.74 Å². The third-order valence-corrected chi connectivity index (χ3v) is 4.69. The van der Waals surface area contributed by atoms with Gasteiger partial charge in [-0.2, -0.15) is 0 Å². The maximum absolute atomic E-state index is 10.5. The predicted molar refractivity (Wildman–Crippen MR) is 104 cm³/mol. The number of aryl methyl sites for hydroxylation is 2. The first-order valence-corrected chi connectivity index (χ1v) is 9.15. The normalized spacial score (nSPS) is 13.7. The molecule has 2 aromatic carbocycles. The van der Waals surface area contributed by atoms with E-state index < -0.39 is 6.10 Å². The summed E-state index contributed by atoms with van der Waals surface area (Å²) in [5.74, 6) is 0.843. The lowest BCUT2D eigenvalue weighted by atomic mass is 10.1. The van der Waals surface area contributed by atoms with Crippen molar-refractivity contribution in [2.45, 2.75) is 52.8 Å². The molecule has 0 heterocycles. The Bertz CT molecular complexity index is 639. The Balaban J connectivity index is 1.93. The van der Waals surface area contributed by atoms with Crippen LogP contribution in [0.5, 0.6) is 5.75 Å². The van der Waals surface area contributed by atoms with Crippen LogP contribution in [0.1, 0.15) is 37.0 Å². The number of ether oxygens (including phenoxy) is 1. The molecule has 0 bridgehead atoms. The summed E-state index contributed by atoms with van der Waals surface area (Å²) in [6.45, 7) is 10.3. The summed E-state index contributed by atoms with van der Waals surface area (Å²) in [5.41, 5.74) is 3.64. The van der Waals surface area contributed by atoms with Crippen LogP contribution in [-0.2, 0) is 6.54 Å². The van der Waals surface area contributed by atoms with Crippen LogP contribution in [0.15, 0.2) is 48.5 Å². The van der Waals surface area contributed by atoms with Crippen LogP contribution in [0.3, 0.4) is 0 Å². The average Bonchev–Trinajstić information content (AvgIpc) is 2.61. The van der Waals surface area contributed by atoms with Gasteiger partial charge in [-0.3, -0.25) is 4.90 Å². The van der Waals surface area contributed by atoms with Crippen LogP contribution in [0, 0.1) is 13.8 Å². The lowest BCUT2D eigenvalue weighted by Crippen LogP contribution is -2.40. The van der Waals surface area contributed by atoms with Crippen LogP contribution in [0.25, 0.3) is 0 Å². The highest BCUT2D eigenvalue weighted by atomic mass is 16.5. The predicted octanol–water partition coefficient (Wildman–Crippen LogP) is 4.34. The highest BCUT2D eigenvalue weighted by molar-refractivity contribution is 5.31. The Morgan fingerprint density at radius 1 is 1.04 bits per heavy atom. The number of nitrogens with zero attached hydrogens (tertiary/aromatic N) is 1. The Hall–Kier alpha value is -1.84. The molecule has 1 N–H and O–H groups in total. The Labute approximate surface area is 152 Å². The fourth-order valence-corrected chi connectivity index (χ4v) is 2.81. The third-order valence-electron chi connectivity index (χ3n) is 4.69. The standard InChI is InChI=1S/C22H31NO2/c1-5-19(4)23(14-20-12-10-17(2)11-13-20)15-21(24)16-25-22-9-7-6-8-18(22)3/h6-13,19,21,24H,5,14-16H2,1-4H3. The molecule has 0 spiro atoms. The van der Waals surface area contributed by atoms with Crippen molar-refractivity contribution in [1.82, 2.24) is 4.90 Å². The summed E-state index contributed by atoms with van der Waals surface area (Å²) in [6.07, 6.45) is 0.538. The molecular weight excluding hydrogens is 310 g/mol. The fraction of sp³-hybridized carbons (Fsp3) is 0.455. The molecule has 2 atom stereocenters. The number of hydrogen-bond acceptors (Lipinski definition) is 3. The van der Waals surface area contributed by atoms with Crippen molar-refractivity contribution in [1.29, 1.82) is 0 Å². The van der Waals surface area contributed by atoms with Crippen molar-refractivity contribution in [2.24, 2.45) is 0 Å². The molecule has 0 aliphatic rings. The molecule has 2 rings (SSSR count). The van der Waals surface area contributed by atoms with Crippen molar-refractivity contribution in [3.63, 3.8) is 0 Å². The van der Waals surface area contributed by atoms with Gasteiger partial charge in [-0.1, -0.05) is 55.0 Å². The van der Waals surface area contributed by atoms with Gasteiger partial charge in [-0.25, -0.2) is 0 Å². The number of aliphatic hydroxyl groups excluding tert-OH is 1. The Morgan fingerprint density at radius 3 is 2.36 bits per heavy atom. The number of aliphatic hydroxyl groups is 1. The summed E-state index contributed by atoms with van der Waals surface area (Å²) < 4.78 is 5.80. The molecule has 0 saturated carbocycles. The van der Waals surface area contributed by atoms with Crippen LogP contribution >= 0.6 is 0 Å². The van der Waals surface area contributed by atoms with Gasteiger partial charge in [-0.15, -0.1) is 0 Å². The molecule has 0 aromatic heterocycles. The molecule has 3 nitrogen and oxygen atoms in total. The highest BCUT2D eigenvalue weighted by Crippen LogP contribution is 2.17. The first-order chi connectivity index (χ1) is 12.0. The largest absolute Gasteiger partial charge is 0.491 e. The smallest absolute Gasteiger partial charge is 0.122 e. The molecule has 0 amide bonds. The molecule has 0 saturated heterocycles. The summed E-state index contributed by atoms with van der Waals surface area (Å²) in [5, 5.41) is 10.5. The van der Waals surface area contributed by atoms with E-state index in [0.29, 0.717) is 19.2 Å². The van der Waals surface area contributed by atoms with Crippen molar-refractivity contribution in [2.75, 3.05) is 13.2 Å². The number of benzene rings is 2. The summed E-state index contributed by atoms with van der Waals surface area (Å²) in [7, 11) is 0. The zero-order valence-corrected chi connectivity index (χ0v) is 15.9. The van der Waals surface area contributed by atoms with Crippen molar-refractivity contribution < 1.29 is 9.84 Å². The topological polar surface area (TPSA) is 32.7 Å². The van der Waals surface area contributed by atoms with Crippen LogP contribution in [0.4, 0.5) is 0 Å². The minimum atomic E-state index is -0.515. The quantitative estimate of drug-likeness (QED) is 0.736. The van der Waals surface area contributed by atoms with Crippen molar-refractivity contribution in [3.05, 3.63) is 65.2 Å². The minimum Gasteiger partial charge on any atom is -0.491 e. The van der Waals surface area contributed by atoms with E-state index in [4.69, 9.17) is 4.74 Å². The summed E-state index contributed by atoms with van der Waals surface area (Å²) >= 11 is 0. The maximum atomic E-state index is 10.5. The first kappa shape index (κ1) is 19.5. The van der Waals surface area contributed by atoms with E-state index >= 15 is 0 Å². The number of rotatable bonds is 9. The lowest BCUT2D eigenvalue weighted by molar-refractivity contribution is 0.0504. The van der Waals surface area contributed by atoms with Gasteiger partial charge < -0.3 is 9.84 Å². The van der Waals surface area contributed by atoms with Gasteiger partial charge in [0.15, 0.2) is 0 Å². The average molecular weight is 341 g/mol. The van der Waals surface area contributed by atoms with E-state index in [-0.39, 0.29) is 0 Å². The van der Waals surface area contributed by atoms with E-state index in [1.807, 2.05) is 31.2 Å². The number of para-hydroxylation sites is 1. The molecular formula is C22H31NO2. The first-order valence-electron chi connectivity index (χ1n) is 9.15. The zero-order valence-electron chi connectivity index (χ0n) is 15.9. The van der Waals surface area contributed by atoms with E-state index in [2.05, 4.69) is 49.9 Å². The van der Waals surface area contributed by atoms with Gasteiger partial charge in [0.25, 0.3) is 0 Å². The second kappa shape index (κ2) is 9.59. The molecule has 0 radical (unpaired) electrons. The molecule has 2 unspecified atom stereocenters. The van der Waals surface area contributed by atoms with Crippen molar-refractivity contribution in [3.8, 4) is 5.75 Å². The van der Waals surface area contributed by atoms with E-state index in [9.17, 15) is 5.11 Å². The number of hydrogen-bond donors (Lipinski definition) is 1. The van der Waals surface area contributed by atoms with Gasteiger partial charge in [0, 0.05) is 19.1 Å². The Kier molecular flexibility index (Phi) is 7.48. The molecule has 3 heteroatoms. The summed E-state index contributed by atoms with van der Waals surface area (Å²) in [4.78, 5) is 2.33. The van der Waals surface area contributed by atoms with Gasteiger partial charge in [0.05, 0.1) is 0 Å². The molecule has 0 aliphatic carbocycles. The molecule has 2 aromatic rings. The Morgan fingerprint density at radius 2 is 1.72 bits per heavy atom. The lowest BCUT2D eigenvalue weighted by Gasteiger charge is -2.30. The minimum absolute atomic E-state index is 0.311. The van der Waals surface area contributed by atoms with Crippen LogP contribution in [0.2, 0.25) is 0 Å². The highest BCUT2D eigenvalue weighted by Gasteiger charge is 2.17. The second-order valence-corrected chi connectivity index (χ2v) is 6.90. The monoisotopic (exact) mass is 341 g/mol. The maximum Gasteiger partial charge on any atom is 0.122 e.